The number of aromatic nitrogens is 2. The molecule has 2 aliphatic rings. The Morgan fingerprint density at radius 1 is 1.00 bits per heavy atom. The summed E-state index contributed by atoms with van der Waals surface area (Å²) >= 11 is 0. The lowest BCUT2D eigenvalue weighted by atomic mass is 10.3. The lowest BCUT2D eigenvalue weighted by Gasteiger charge is -2.23. The van der Waals surface area contributed by atoms with Crippen LogP contribution in [-0.4, -0.2) is 71.5 Å². The number of carbonyl (C=O) groups is 1. The lowest BCUT2D eigenvalue weighted by molar-refractivity contribution is -0.127. The van der Waals surface area contributed by atoms with Gasteiger partial charge in [-0.25, -0.2) is 4.98 Å². The van der Waals surface area contributed by atoms with E-state index in [1.807, 2.05) is 17.0 Å². The molecule has 1 aromatic heterocycles. The van der Waals surface area contributed by atoms with Crippen LogP contribution in [-0.2, 0) is 4.79 Å². The highest BCUT2D eigenvalue weighted by molar-refractivity contribution is 5.78. The van der Waals surface area contributed by atoms with Gasteiger partial charge in [0.1, 0.15) is 0 Å². The number of likely N-dealkylation sites (tertiary alicyclic amines) is 1. The Morgan fingerprint density at radius 3 is 2.76 bits per heavy atom. The first-order valence-corrected chi connectivity index (χ1v) is 9.49. The van der Waals surface area contributed by atoms with Crippen molar-refractivity contribution >= 4 is 22.9 Å². The second kappa shape index (κ2) is 7.44. The number of amides is 1. The molecule has 0 unspecified atom stereocenters. The lowest BCUT2D eigenvalue weighted by Crippen LogP contribution is -2.34. The number of H-pyrrole nitrogens is 1. The van der Waals surface area contributed by atoms with E-state index in [9.17, 15) is 4.79 Å². The zero-order valence-electron chi connectivity index (χ0n) is 14.8. The SMILES string of the molecule is O=C1CCCN1CCCN1CCCN(c2nc3ccccc3[nH]2)CC1. The maximum atomic E-state index is 11.7. The molecular formula is C19H27N5O. The first kappa shape index (κ1) is 16.4. The van der Waals surface area contributed by atoms with E-state index in [1.54, 1.807) is 0 Å². The molecule has 2 saturated heterocycles. The van der Waals surface area contributed by atoms with Gasteiger partial charge in [0.25, 0.3) is 0 Å². The minimum Gasteiger partial charge on any atom is -0.343 e. The van der Waals surface area contributed by atoms with Crippen LogP contribution in [0.5, 0.6) is 0 Å². The smallest absolute Gasteiger partial charge is 0.222 e. The molecule has 0 aliphatic carbocycles. The summed E-state index contributed by atoms with van der Waals surface area (Å²) in [7, 11) is 0. The van der Waals surface area contributed by atoms with Crippen LogP contribution in [0.1, 0.15) is 25.7 Å². The number of rotatable bonds is 5. The Kier molecular flexibility index (Phi) is 4.88. The highest BCUT2D eigenvalue weighted by Gasteiger charge is 2.21. The van der Waals surface area contributed by atoms with E-state index < -0.39 is 0 Å². The Hall–Kier alpha value is -2.08. The molecule has 0 bridgehead atoms. The molecule has 25 heavy (non-hydrogen) atoms. The molecule has 134 valence electrons. The molecule has 4 rings (SSSR count). The fourth-order valence-corrected chi connectivity index (χ4v) is 3.92. The summed E-state index contributed by atoms with van der Waals surface area (Å²) in [5.74, 6) is 1.33. The first-order valence-electron chi connectivity index (χ1n) is 9.49. The third-order valence-corrected chi connectivity index (χ3v) is 5.34. The summed E-state index contributed by atoms with van der Waals surface area (Å²) in [5.41, 5.74) is 2.14. The molecule has 2 aliphatic heterocycles. The third kappa shape index (κ3) is 3.79. The fourth-order valence-electron chi connectivity index (χ4n) is 3.92. The standard InChI is InChI=1S/C19H27N5O/c25-18-8-3-11-23(18)12-4-9-22-10-5-13-24(15-14-22)19-20-16-6-1-2-7-17(16)21-19/h1-2,6-7H,3-5,8-15H2,(H,20,21). The number of anilines is 1. The number of nitrogens with one attached hydrogen (secondary N) is 1. The van der Waals surface area contributed by atoms with Crippen molar-refractivity contribution in [2.75, 3.05) is 50.7 Å². The van der Waals surface area contributed by atoms with E-state index in [0.717, 1.165) is 88.5 Å². The Balaban J connectivity index is 1.28. The van der Waals surface area contributed by atoms with E-state index in [2.05, 4.69) is 26.9 Å². The third-order valence-electron chi connectivity index (χ3n) is 5.34. The number of benzene rings is 1. The molecule has 0 saturated carbocycles. The van der Waals surface area contributed by atoms with Gasteiger partial charge in [-0.1, -0.05) is 12.1 Å². The van der Waals surface area contributed by atoms with Crippen LogP contribution < -0.4 is 4.90 Å². The van der Waals surface area contributed by atoms with Crippen molar-refractivity contribution < 1.29 is 4.79 Å². The van der Waals surface area contributed by atoms with Gasteiger partial charge in [-0.15, -0.1) is 0 Å². The summed E-state index contributed by atoms with van der Waals surface area (Å²) in [6, 6.07) is 8.20. The highest BCUT2D eigenvalue weighted by Crippen LogP contribution is 2.18. The van der Waals surface area contributed by atoms with Gasteiger partial charge in [-0.05, 0) is 44.5 Å². The summed E-state index contributed by atoms with van der Waals surface area (Å²) in [5, 5.41) is 0. The summed E-state index contributed by atoms with van der Waals surface area (Å²) < 4.78 is 0. The topological polar surface area (TPSA) is 55.5 Å². The molecule has 3 heterocycles. The molecule has 1 N–H and O–H groups in total. The first-order chi connectivity index (χ1) is 12.3. The van der Waals surface area contributed by atoms with Crippen molar-refractivity contribution in [3.63, 3.8) is 0 Å². The molecule has 1 aromatic carbocycles. The predicted molar refractivity (Wildman–Crippen MR) is 99.8 cm³/mol. The summed E-state index contributed by atoms with van der Waals surface area (Å²) in [6.07, 6.45) is 4.02. The molecule has 2 aromatic rings. The van der Waals surface area contributed by atoms with Crippen LogP contribution in [0, 0.1) is 0 Å². The van der Waals surface area contributed by atoms with Crippen molar-refractivity contribution in [3.8, 4) is 0 Å². The number of para-hydroxylation sites is 2. The van der Waals surface area contributed by atoms with Crippen molar-refractivity contribution in [1.82, 2.24) is 19.8 Å². The maximum Gasteiger partial charge on any atom is 0.222 e. The maximum absolute atomic E-state index is 11.7. The van der Waals surface area contributed by atoms with Gasteiger partial charge < -0.3 is 19.7 Å². The van der Waals surface area contributed by atoms with E-state index in [-0.39, 0.29) is 0 Å². The van der Waals surface area contributed by atoms with Gasteiger partial charge in [0.05, 0.1) is 11.0 Å². The zero-order valence-corrected chi connectivity index (χ0v) is 14.8. The molecule has 2 fully saturated rings. The average Bonchev–Trinajstić information content (AvgIpc) is 3.15. The van der Waals surface area contributed by atoms with Crippen LogP contribution in [0.2, 0.25) is 0 Å². The van der Waals surface area contributed by atoms with Gasteiger partial charge in [0.15, 0.2) is 0 Å². The van der Waals surface area contributed by atoms with Crippen molar-refractivity contribution in [2.45, 2.75) is 25.7 Å². The van der Waals surface area contributed by atoms with Crippen LogP contribution in [0.15, 0.2) is 24.3 Å². The normalized spacial score (nSPS) is 19.8. The number of aromatic amines is 1. The van der Waals surface area contributed by atoms with E-state index in [1.165, 1.54) is 0 Å². The molecule has 0 spiro atoms. The number of carbonyl (C=O) groups excluding carboxylic acids is 1. The van der Waals surface area contributed by atoms with Gasteiger partial charge in [0, 0.05) is 39.1 Å². The largest absolute Gasteiger partial charge is 0.343 e. The van der Waals surface area contributed by atoms with Gasteiger partial charge >= 0.3 is 0 Å². The number of hydrogen-bond acceptors (Lipinski definition) is 4. The minimum atomic E-state index is 0.340. The average molecular weight is 341 g/mol. The number of fused-ring (bicyclic) bond motifs is 1. The van der Waals surface area contributed by atoms with Crippen LogP contribution in [0.3, 0.4) is 0 Å². The molecule has 0 atom stereocenters. The summed E-state index contributed by atoms with van der Waals surface area (Å²) in [4.78, 5) is 26.8. The molecule has 0 radical (unpaired) electrons. The van der Waals surface area contributed by atoms with Crippen molar-refractivity contribution in [1.29, 1.82) is 0 Å². The van der Waals surface area contributed by atoms with E-state index >= 15 is 0 Å². The fraction of sp³-hybridized carbons (Fsp3) is 0.579. The minimum absolute atomic E-state index is 0.340. The Morgan fingerprint density at radius 2 is 1.92 bits per heavy atom. The molecule has 1 amide bonds. The monoisotopic (exact) mass is 341 g/mol. The zero-order chi connectivity index (χ0) is 17.1. The van der Waals surface area contributed by atoms with Crippen molar-refractivity contribution in [3.05, 3.63) is 24.3 Å². The number of nitrogens with zero attached hydrogens (tertiary/aromatic N) is 4. The van der Waals surface area contributed by atoms with Gasteiger partial charge in [-0.2, -0.15) is 0 Å². The van der Waals surface area contributed by atoms with Crippen LogP contribution >= 0.6 is 0 Å². The molecule has 6 nitrogen and oxygen atoms in total. The van der Waals surface area contributed by atoms with E-state index in [4.69, 9.17) is 4.98 Å². The second-order valence-corrected chi connectivity index (χ2v) is 7.10. The second-order valence-electron chi connectivity index (χ2n) is 7.10. The molecule has 6 heteroatoms. The van der Waals surface area contributed by atoms with Crippen molar-refractivity contribution in [2.24, 2.45) is 0 Å². The quantitative estimate of drug-likeness (QED) is 0.905. The number of imidazole rings is 1. The summed E-state index contributed by atoms with van der Waals surface area (Å²) in [6.45, 7) is 7.19. The van der Waals surface area contributed by atoms with Gasteiger partial charge in [-0.3, -0.25) is 4.79 Å². The van der Waals surface area contributed by atoms with Gasteiger partial charge in [0.2, 0.25) is 11.9 Å². The van der Waals surface area contributed by atoms with Crippen LogP contribution in [0.25, 0.3) is 11.0 Å². The Bertz CT molecular complexity index is 694. The molecular weight excluding hydrogens is 314 g/mol. The Labute approximate surface area is 148 Å². The number of hydrogen-bond donors (Lipinski definition) is 1. The highest BCUT2D eigenvalue weighted by atomic mass is 16.2. The van der Waals surface area contributed by atoms with Crippen LogP contribution in [0.4, 0.5) is 5.95 Å². The predicted octanol–water partition coefficient (Wildman–Crippen LogP) is 2.09. The van der Waals surface area contributed by atoms with E-state index in [0.29, 0.717) is 5.91 Å².